The van der Waals surface area contributed by atoms with Crippen molar-refractivity contribution >= 4 is 5.96 Å². The molecule has 1 saturated heterocycles. The lowest BCUT2D eigenvalue weighted by Gasteiger charge is -2.38. The first-order valence-electron chi connectivity index (χ1n) is 9.40. The summed E-state index contributed by atoms with van der Waals surface area (Å²) >= 11 is 0. The van der Waals surface area contributed by atoms with Crippen LogP contribution in [0, 0.1) is 5.82 Å². The molecule has 0 bridgehead atoms. The maximum Gasteiger partial charge on any atom is 0.191 e. The molecule has 6 heteroatoms. The molecule has 0 aliphatic carbocycles. The molecule has 3 rings (SSSR count). The lowest BCUT2D eigenvalue weighted by atomic mass is 9.74. The Hall–Kier alpha value is -2.47. The van der Waals surface area contributed by atoms with E-state index in [0.717, 1.165) is 43.0 Å². The predicted octanol–water partition coefficient (Wildman–Crippen LogP) is 2.68. The Morgan fingerprint density at radius 1 is 1.19 bits per heavy atom. The van der Waals surface area contributed by atoms with Crippen molar-refractivity contribution in [1.29, 1.82) is 0 Å². The Bertz CT molecular complexity index is 745. The van der Waals surface area contributed by atoms with Gasteiger partial charge in [0.25, 0.3) is 0 Å². The Balaban J connectivity index is 1.60. The van der Waals surface area contributed by atoms with Crippen molar-refractivity contribution in [2.45, 2.75) is 24.7 Å². The summed E-state index contributed by atoms with van der Waals surface area (Å²) in [5.74, 6) is 0.546. The van der Waals surface area contributed by atoms with Crippen LogP contribution in [0.5, 0.6) is 0 Å². The fourth-order valence-electron chi connectivity index (χ4n) is 3.48. The molecule has 0 unspecified atom stereocenters. The minimum atomic E-state index is -0.198. The van der Waals surface area contributed by atoms with E-state index >= 15 is 0 Å². The molecule has 1 aromatic heterocycles. The minimum Gasteiger partial charge on any atom is -0.381 e. The summed E-state index contributed by atoms with van der Waals surface area (Å²) in [6.07, 6.45) is 4.34. The summed E-state index contributed by atoms with van der Waals surface area (Å²) in [6, 6.07) is 12.8. The largest absolute Gasteiger partial charge is 0.381 e. The van der Waals surface area contributed by atoms with Crippen LogP contribution in [-0.4, -0.2) is 44.3 Å². The number of nitrogens with one attached hydrogen (secondary N) is 2. The molecular formula is C21H27FN4O. The molecule has 2 N–H and O–H groups in total. The first-order chi connectivity index (χ1) is 13.2. The third-order valence-corrected chi connectivity index (χ3v) is 5.10. The second kappa shape index (κ2) is 9.46. The Labute approximate surface area is 160 Å². The Kier molecular flexibility index (Phi) is 6.76. The zero-order chi connectivity index (χ0) is 19.0. The summed E-state index contributed by atoms with van der Waals surface area (Å²) < 4.78 is 19.3. The standard InChI is InChI=1S/C21H27FN4O/c1-23-20(25-12-8-19-7-2-3-11-24-19)26-16-21(9-13-27-14-10-21)17-5-4-6-18(22)15-17/h2-7,11,15H,8-10,12-14,16H2,1H3,(H2,23,25,26). The van der Waals surface area contributed by atoms with Gasteiger partial charge in [0.15, 0.2) is 5.96 Å². The van der Waals surface area contributed by atoms with Crippen LogP contribution < -0.4 is 10.6 Å². The van der Waals surface area contributed by atoms with Gasteiger partial charge in [0.1, 0.15) is 5.82 Å². The normalized spacial score (nSPS) is 16.7. The highest BCUT2D eigenvalue weighted by Crippen LogP contribution is 2.34. The number of aromatic nitrogens is 1. The summed E-state index contributed by atoms with van der Waals surface area (Å²) in [7, 11) is 1.76. The molecule has 0 radical (unpaired) electrons. The summed E-state index contributed by atoms with van der Waals surface area (Å²) in [4.78, 5) is 8.64. The molecule has 1 aliphatic heterocycles. The average Bonchev–Trinajstić information content (AvgIpc) is 2.72. The van der Waals surface area contributed by atoms with Gasteiger partial charge in [0.2, 0.25) is 0 Å². The van der Waals surface area contributed by atoms with Crippen LogP contribution in [0.2, 0.25) is 0 Å². The van der Waals surface area contributed by atoms with E-state index in [1.807, 2.05) is 24.3 Å². The molecule has 2 aromatic rings. The predicted molar refractivity (Wildman–Crippen MR) is 105 cm³/mol. The van der Waals surface area contributed by atoms with Crippen molar-refractivity contribution in [2.24, 2.45) is 4.99 Å². The second-order valence-corrected chi connectivity index (χ2v) is 6.83. The van der Waals surface area contributed by atoms with Crippen molar-refractivity contribution in [2.75, 3.05) is 33.4 Å². The van der Waals surface area contributed by atoms with E-state index < -0.39 is 0 Å². The van der Waals surface area contributed by atoms with Gasteiger partial charge < -0.3 is 15.4 Å². The fraction of sp³-hybridized carbons (Fsp3) is 0.429. The van der Waals surface area contributed by atoms with E-state index in [-0.39, 0.29) is 11.2 Å². The summed E-state index contributed by atoms with van der Waals surface area (Å²) in [5, 5.41) is 6.76. The quantitative estimate of drug-likeness (QED) is 0.606. The molecule has 5 nitrogen and oxygen atoms in total. The Morgan fingerprint density at radius 3 is 2.74 bits per heavy atom. The average molecular weight is 370 g/mol. The van der Waals surface area contributed by atoms with E-state index in [9.17, 15) is 4.39 Å². The van der Waals surface area contributed by atoms with Gasteiger partial charge in [0.05, 0.1) is 0 Å². The zero-order valence-electron chi connectivity index (χ0n) is 15.7. The first kappa shape index (κ1) is 19.3. The number of ether oxygens (including phenoxy) is 1. The Morgan fingerprint density at radius 2 is 2.04 bits per heavy atom. The van der Waals surface area contributed by atoms with E-state index in [0.29, 0.717) is 19.8 Å². The van der Waals surface area contributed by atoms with Crippen molar-refractivity contribution < 1.29 is 9.13 Å². The number of hydrogen-bond acceptors (Lipinski definition) is 3. The zero-order valence-corrected chi connectivity index (χ0v) is 15.7. The number of guanidine groups is 1. The molecule has 0 amide bonds. The van der Waals surface area contributed by atoms with Gasteiger partial charge in [-0.1, -0.05) is 18.2 Å². The van der Waals surface area contributed by atoms with Crippen molar-refractivity contribution in [3.05, 3.63) is 65.7 Å². The third-order valence-electron chi connectivity index (χ3n) is 5.10. The van der Waals surface area contributed by atoms with Gasteiger partial charge in [0, 0.05) is 57.1 Å². The lowest BCUT2D eigenvalue weighted by Crippen LogP contribution is -2.48. The molecule has 0 atom stereocenters. The highest BCUT2D eigenvalue weighted by atomic mass is 19.1. The minimum absolute atomic E-state index is 0.154. The molecule has 1 aromatic carbocycles. The van der Waals surface area contributed by atoms with E-state index in [1.165, 1.54) is 6.07 Å². The van der Waals surface area contributed by atoms with E-state index in [4.69, 9.17) is 4.74 Å². The molecule has 1 fully saturated rings. The third kappa shape index (κ3) is 5.26. The number of benzene rings is 1. The van der Waals surface area contributed by atoms with Crippen LogP contribution in [0.25, 0.3) is 0 Å². The topological polar surface area (TPSA) is 58.5 Å². The van der Waals surface area contributed by atoms with Crippen LogP contribution in [0.1, 0.15) is 24.1 Å². The van der Waals surface area contributed by atoms with Crippen molar-refractivity contribution in [3.63, 3.8) is 0 Å². The maximum atomic E-state index is 13.8. The second-order valence-electron chi connectivity index (χ2n) is 6.83. The number of halogens is 1. The van der Waals surface area contributed by atoms with Crippen molar-refractivity contribution in [1.82, 2.24) is 15.6 Å². The van der Waals surface area contributed by atoms with E-state index in [2.05, 4.69) is 20.6 Å². The van der Waals surface area contributed by atoms with Crippen LogP contribution in [0.4, 0.5) is 4.39 Å². The monoisotopic (exact) mass is 370 g/mol. The number of hydrogen-bond donors (Lipinski definition) is 2. The molecule has 2 heterocycles. The summed E-state index contributed by atoms with van der Waals surface area (Å²) in [6.45, 7) is 2.80. The highest BCUT2D eigenvalue weighted by molar-refractivity contribution is 5.79. The lowest BCUT2D eigenvalue weighted by molar-refractivity contribution is 0.0513. The number of pyridine rings is 1. The number of nitrogens with zero attached hydrogens (tertiary/aromatic N) is 2. The van der Waals surface area contributed by atoms with Crippen LogP contribution in [0.15, 0.2) is 53.7 Å². The SMILES string of the molecule is CN=C(NCCc1ccccn1)NCC1(c2cccc(F)c2)CCOCC1. The van der Waals surface area contributed by atoms with Gasteiger partial charge in [-0.05, 0) is 42.7 Å². The highest BCUT2D eigenvalue weighted by Gasteiger charge is 2.34. The first-order valence-corrected chi connectivity index (χ1v) is 9.40. The van der Waals surface area contributed by atoms with E-state index in [1.54, 1.807) is 25.4 Å². The maximum absolute atomic E-state index is 13.8. The van der Waals surface area contributed by atoms with Crippen LogP contribution in [0.3, 0.4) is 0 Å². The summed E-state index contributed by atoms with van der Waals surface area (Å²) in [5.41, 5.74) is 1.90. The smallest absolute Gasteiger partial charge is 0.191 e. The van der Waals surface area contributed by atoms with Gasteiger partial charge in [-0.2, -0.15) is 0 Å². The van der Waals surface area contributed by atoms with Gasteiger partial charge in [-0.3, -0.25) is 9.98 Å². The number of rotatable bonds is 6. The van der Waals surface area contributed by atoms with Gasteiger partial charge in [-0.15, -0.1) is 0 Å². The van der Waals surface area contributed by atoms with Gasteiger partial charge >= 0.3 is 0 Å². The molecule has 0 spiro atoms. The van der Waals surface area contributed by atoms with Crippen molar-refractivity contribution in [3.8, 4) is 0 Å². The molecule has 1 aliphatic rings. The molecule has 0 saturated carbocycles. The molecular weight excluding hydrogens is 343 g/mol. The van der Waals surface area contributed by atoms with Crippen LogP contribution >= 0.6 is 0 Å². The van der Waals surface area contributed by atoms with Gasteiger partial charge in [-0.25, -0.2) is 4.39 Å². The van der Waals surface area contributed by atoms with Crippen LogP contribution in [-0.2, 0) is 16.6 Å². The molecule has 27 heavy (non-hydrogen) atoms. The molecule has 144 valence electrons. The fourth-order valence-corrected chi connectivity index (χ4v) is 3.48. The number of aliphatic imine (C=N–C) groups is 1.